The number of thiol groups is 2. The van der Waals surface area contributed by atoms with E-state index in [4.69, 9.17) is 16.2 Å². The molecule has 0 rings (SSSR count). The summed E-state index contributed by atoms with van der Waals surface area (Å²) in [5, 5.41) is 5.21. The number of nitrogens with two attached hydrogens (primary N) is 2. The van der Waals surface area contributed by atoms with Crippen LogP contribution in [0.5, 0.6) is 0 Å². The maximum Gasteiger partial charge on any atom is 0.237 e. The Morgan fingerprint density at radius 2 is 1.32 bits per heavy atom. The highest BCUT2D eigenvalue weighted by Gasteiger charge is 2.10. The van der Waals surface area contributed by atoms with Crippen LogP contribution in [-0.2, 0) is 14.3 Å². The fraction of sp³-hybridized carbons (Fsp3) is 0.800. The third-order valence-corrected chi connectivity index (χ3v) is 2.94. The number of nitrogens with one attached hydrogen (secondary N) is 2. The van der Waals surface area contributed by atoms with E-state index in [0.29, 0.717) is 37.8 Å². The Balaban J connectivity index is 3.42. The summed E-state index contributed by atoms with van der Waals surface area (Å²) in [6, 6.07) is -1.21. The summed E-state index contributed by atoms with van der Waals surface area (Å²) in [7, 11) is 0. The van der Waals surface area contributed by atoms with Gasteiger partial charge in [-0.05, 0) is 0 Å². The van der Waals surface area contributed by atoms with Gasteiger partial charge in [0.25, 0.3) is 0 Å². The fourth-order valence-electron chi connectivity index (χ4n) is 1.02. The van der Waals surface area contributed by atoms with Gasteiger partial charge in [-0.1, -0.05) is 0 Å². The lowest BCUT2D eigenvalue weighted by Gasteiger charge is -2.11. The van der Waals surface area contributed by atoms with Crippen molar-refractivity contribution in [3.8, 4) is 0 Å². The summed E-state index contributed by atoms with van der Waals surface area (Å²) < 4.78 is 5.21. The molecule has 0 aromatic rings. The van der Waals surface area contributed by atoms with Gasteiger partial charge in [0.05, 0.1) is 25.3 Å². The number of hydrogen-bond donors (Lipinski definition) is 6. The molecule has 0 aromatic carbocycles. The molecule has 19 heavy (non-hydrogen) atoms. The zero-order chi connectivity index (χ0) is 14.7. The molecule has 6 N–H and O–H groups in total. The molecule has 0 fully saturated rings. The summed E-state index contributed by atoms with van der Waals surface area (Å²) in [6.45, 7) is 1.42. The van der Waals surface area contributed by atoms with Crippen LogP contribution in [0.2, 0.25) is 0 Å². The molecular formula is C10H22N4O3S2. The molecule has 0 saturated heterocycles. The van der Waals surface area contributed by atoms with Gasteiger partial charge in [0.2, 0.25) is 11.8 Å². The quantitative estimate of drug-likeness (QED) is 0.201. The summed E-state index contributed by atoms with van der Waals surface area (Å²) in [4.78, 5) is 22.5. The van der Waals surface area contributed by atoms with Crippen LogP contribution in [0.3, 0.4) is 0 Å². The Hall–Kier alpha value is -0.480. The average Bonchev–Trinajstić information content (AvgIpc) is 2.43. The van der Waals surface area contributed by atoms with Gasteiger partial charge >= 0.3 is 0 Å². The van der Waals surface area contributed by atoms with Crippen molar-refractivity contribution < 1.29 is 14.3 Å². The monoisotopic (exact) mass is 310 g/mol. The van der Waals surface area contributed by atoms with Crippen LogP contribution in [0.1, 0.15) is 0 Å². The second-order valence-electron chi connectivity index (χ2n) is 3.77. The Labute approximate surface area is 124 Å². The molecule has 2 atom stereocenters. The molecule has 0 heterocycles. The van der Waals surface area contributed by atoms with E-state index in [-0.39, 0.29) is 11.8 Å². The molecule has 0 saturated carbocycles. The zero-order valence-electron chi connectivity index (χ0n) is 10.7. The smallest absolute Gasteiger partial charge is 0.237 e. The molecule has 0 spiro atoms. The molecule has 0 aliphatic heterocycles. The SMILES string of the molecule is N[C@H](CS)C(=O)NCCOCCNC(=O)[C@H](N)CS. The molecule has 0 aliphatic carbocycles. The highest BCUT2D eigenvalue weighted by molar-refractivity contribution is 7.80. The van der Waals surface area contributed by atoms with Crippen LogP contribution >= 0.6 is 25.3 Å². The summed E-state index contributed by atoms with van der Waals surface area (Å²) >= 11 is 7.83. The van der Waals surface area contributed by atoms with Crippen LogP contribution in [-0.4, -0.2) is 61.7 Å². The van der Waals surface area contributed by atoms with Crippen LogP contribution in [0.25, 0.3) is 0 Å². The first kappa shape index (κ1) is 18.5. The number of ether oxygens (including phenoxy) is 1. The largest absolute Gasteiger partial charge is 0.378 e. The lowest BCUT2D eigenvalue weighted by atomic mass is 10.3. The van der Waals surface area contributed by atoms with E-state index >= 15 is 0 Å². The van der Waals surface area contributed by atoms with Crippen molar-refractivity contribution in [1.29, 1.82) is 0 Å². The van der Waals surface area contributed by atoms with Crippen LogP contribution in [0, 0.1) is 0 Å². The highest BCUT2D eigenvalue weighted by atomic mass is 32.1. The Morgan fingerprint density at radius 1 is 0.947 bits per heavy atom. The molecule has 0 aliphatic rings. The lowest BCUT2D eigenvalue weighted by Crippen LogP contribution is -2.43. The molecule has 0 radical (unpaired) electrons. The minimum atomic E-state index is -0.606. The molecule has 0 bridgehead atoms. The van der Waals surface area contributed by atoms with Gasteiger partial charge in [-0.15, -0.1) is 0 Å². The minimum absolute atomic E-state index is 0.258. The van der Waals surface area contributed by atoms with E-state index in [0.717, 1.165) is 0 Å². The topological polar surface area (TPSA) is 119 Å². The predicted octanol–water partition coefficient (Wildman–Crippen LogP) is -2.25. The van der Waals surface area contributed by atoms with Crippen LogP contribution < -0.4 is 22.1 Å². The summed E-state index contributed by atoms with van der Waals surface area (Å²) in [6.07, 6.45) is 0. The molecule has 0 aromatic heterocycles. The van der Waals surface area contributed by atoms with Crippen molar-refractivity contribution in [1.82, 2.24) is 10.6 Å². The van der Waals surface area contributed by atoms with Crippen LogP contribution in [0.4, 0.5) is 0 Å². The minimum Gasteiger partial charge on any atom is -0.378 e. The first-order valence-corrected chi connectivity index (χ1v) is 7.15. The van der Waals surface area contributed by atoms with Gasteiger partial charge < -0.3 is 26.8 Å². The average molecular weight is 310 g/mol. The number of hydrogen-bond acceptors (Lipinski definition) is 7. The summed E-state index contributed by atoms with van der Waals surface area (Å²) in [5.41, 5.74) is 10.9. The Bertz CT molecular complexity index is 256. The number of carbonyl (C=O) groups excluding carboxylic acids is 2. The maximum absolute atomic E-state index is 11.2. The predicted molar refractivity (Wildman–Crippen MR) is 80.5 cm³/mol. The standard InChI is InChI=1S/C10H22N4O3S2/c11-7(5-18)9(15)13-1-3-17-4-2-14-10(16)8(12)6-19/h7-8,18-19H,1-6,11-12H2,(H,13,15)(H,14,16)/t7-,8-/m1/s1. The van der Waals surface area contributed by atoms with E-state index in [1.54, 1.807) is 0 Å². The van der Waals surface area contributed by atoms with E-state index in [1.165, 1.54) is 0 Å². The Kier molecular flexibility index (Phi) is 11.1. The highest BCUT2D eigenvalue weighted by Crippen LogP contribution is 1.84. The first-order chi connectivity index (χ1) is 9.02. The van der Waals surface area contributed by atoms with Gasteiger partial charge in [0.1, 0.15) is 0 Å². The zero-order valence-corrected chi connectivity index (χ0v) is 12.5. The molecule has 112 valence electrons. The first-order valence-electron chi connectivity index (χ1n) is 5.89. The third kappa shape index (κ3) is 9.11. The number of rotatable bonds is 10. The van der Waals surface area contributed by atoms with Crippen molar-refractivity contribution in [3.05, 3.63) is 0 Å². The molecular weight excluding hydrogens is 288 g/mol. The van der Waals surface area contributed by atoms with Gasteiger partial charge in [0, 0.05) is 24.6 Å². The Morgan fingerprint density at radius 3 is 1.63 bits per heavy atom. The molecule has 9 heteroatoms. The van der Waals surface area contributed by atoms with E-state index in [1.807, 2.05) is 0 Å². The van der Waals surface area contributed by atoms with Crippen molar-refractivity contribution in [2.24, 2.45) is 11.5 Å². The van der Waals surface area contributed by atoms with Crippen molar-refractivity contribution in [2.45, 2.75) is 12.1 Å². The molecule has 0 unspecified atom stereocenters. The van der Waals surface area contributed by atoms with Crippen molar-refractivity contribution in [2.75, 3.05) is 37.8 Å². The van der Waals surface area contributed by atoms with E-state index < -0.39 is 12.1 Å². The number of amides is 2. The third-order valence-electron chi connectivity index (χ3n) is 2.16. The lowest BCUT2D eigenvalue weighted by molar-refractivity contribution is -0.122. The van der Waals surface area contributed by atoms with E-state index in [2.05, 4.69) is 35.9 Å². The van der Waals surface area contributed by atoms with Crippen LogP contribution in [0.15, 0.2) is 0 Å². The second-order valence-corrected chi connectivity index (χ2v) is 4.50. The summed E-state index contributed by atoms with van der Waals surface area (Å²) in [5.74, 6) is 0.0761. The molecule has 7 nitrogen and oxygen atoms in total. The van der Waals surface area contributed by atoms with Gasteiger partial charge in [-0.25, -0.2) is 0 Å². The second kappa shape index (κ2) is 11.4. The normalized spacial score (nSPS) is 13.7. The van der Waals surface area contributed by atoms with Gasteiger partial charge in [-0.2, -0.15) is 25.3 Å². The fourth-order valence-corrected chi connectivity index (χ4v) is 1.35. The number of carbonyl (C=O) groups is 2. The maximum atomic E-state index is 11.2. The van der Waals surface area contributed by atoms with Crippen molar-refractivity contribution >= 4 is 37.1 Å². The van der Waals surface area contributed by atoms with E-state index in [9.17, 15) is 9.59 Å². The molecule has 2 amide bonds. The van der Waals surface area contributed by atoms with Crippen molar-refractivity contribution in [3.63, 3.8) is 0 Å². The van der Waals surface area contributed by atoms with Gasteiger partial charge in [0.15, 0.2) is 0 Å². The van der Waals surface area contributed by atoms with Gasteiger partial charge in [-0.3, -0.25) is 9.59 Å².